The second-order valence-corrected chi connectivity index (χ2v) is 3.11. The molecule has 0 aliphatic carbocycles. The average molecular weight is 261 g/mol. The van der Waals surface area contributed by atoms with Gasteiger partial charge in [-0.15, -0.1) is 13.2 Å². The molecule has 1 aromatic rings. The highest BCUT2D eigenvalue weighted by atomic mass is 19.4. The van der Waals surface area contributed by atoms with Gasteiger partial charge in [-0.3, -0.25) is 4.79 Å². The van der Waals surface area contributed by atoms with Crippen LogP contribution in [0.4, 0.5) is 19.0 Å². The van der Waals surface area contributed by atoms with Crippen LogP contribution in [0, 0.1) is 11.3 Å². The Morgan fingerprint density at radius 3 is 2.67 bits per heavy atom. The van der Waals surface area contributed by atoms with E-state index in [0.29, 0.717) is 0 Å². The lowest BCUT2D eigenvalue weighted by atomic mass is 10.2. The summed E-state index contributed by atoms with van der Waals surface area (Å²) in [5, 5.41) is 17.2. The summed E-state index contributed by atoms with van der Waals surface area (Å²) >= 11 is 0. The molecule has 3 N–H and O–H groups in total. The highest BCUT2D eigenvalue weighted by Crippen LogP contribution is 2.31. The minimum Gasteiger partial charge on any atom is -0.481 e. The molecule has 0 aliphatic rings. The standard InChI is InChI=1S/C9H6F3N3O3/c10-9(11,12)18-7-4(3-13)1-5(2-6(16)17)15-8(7)14/h1H,2H2,(H2,14,15)(H,16,17). The lowest BCUT2D eigenvalue weighted by molar-refractivity contribution is -0.274. The van der Waals surface area contributed by atoms with Gasteiger partial charge < -0.3 is 15.6 Å². The fourth-order valence-corrected chi connectivity index (χ4v) is 1.16. The van der Waals surface area contributed by atoms with Gasteiger partial charge in [0, 0.05) is 0 Å². The molecule has 1 rings (SSSR count). The van der Waals surface area contributed by atoms with Crippen LogP contribution in [0.2, 0.25) is 0 Å². The molecule has 9 heteroatoms. The molecule has 0 radical (unpaired) electrons. The van der Waals surface area contributed by atoms with Crippen LogP contribution in [-0.2, 0) is 11.2 Å². The summed E-state index contributed by atoms with van der Waals surface area (Å²) < 4.78 is 39.7. The average Bonchev–Trinajstić information content (AvgIpc) is 2.19. The van der Waals surface area contributed by atoms with Gasteiger partial charge in [0.15, 0.2) is 11.6 Å². The number of hydrogen-bond acceptors (Lipinski definition) is 5. The number of carboxylic acids is 1. The van der Waals surface area contributed by atoms with Crippen LogP contribution in [0.3, 0.4) is 0 Å². The Labute approximate surface area is 98.4 Å². The monoisotopic (exact) mass is 261 g/mol. The summed E-state index contributed by atoms with van der Waals surface area (Å²) in [6, 6.07) is 2.32. The zero-order valence-corrected chi connectivity index (χ0v) is 8.65. The Kier molecular flexibility index (Phi) is 3.61. The van der Waals surface area contributed by atoms with Crippen molar-refractivity contribution < 1.29 is 27.8 Å². The fourth-order valence-electron chi connectivity index (χ4n) is 1.16. The number of rotatable bonds is 3. The number of hydrogen-bond donors (Lipinski definition) is 2. The molecule has 96 valence electrons. The molecule has 0 fully saturated rings. The van der Waals surface area contributed by atoms with E-state index in [2.05, 4.69) is 9.72 Å². The maximum atomic E-state index is 12.0. The topological polar surface area (TPSA) is 109 Å². The van der Waals surface area contributed by atoms with Crippen molar-refractivity contribution in [1.29, 1.82) is 5.26 Å². The third-order valence-corrected chi connectivity index (χ3v) is 1.72. The molecule has 0 atom stereocenters. The van der Waals surface area contributed by atoms with Gasteiger partial charge in [0.25, 0.3) is 0 Å². The van der Waals surface area contributed by atoms with Gasteiger partial charge in [0.05, 0.1) is 12.1 Å². The predicted octanol–water partition coefficient (Wildman–Crippen LogP) is 1.06. The molecule has 0 spiro atoms. The first kappa shape index (κ1) is 13.6. The van der Waals surface area contributed by atoms with Crippen molar-refractivity contribution in [3.8, 4) is 11.8 Å². The van der Waals surface area contributed by atoms with Gasteiger partial charge in [-0.25, -0.2) is 4.98 Å². The highest BCUT2D eigenvalue weighted by molar-refractivity contribution is 5.70. The Morgan fingerprint density at radius 2 is 2.22 bits per heavy atom. The second kappa shape index (κ2) is 4.79. The number of nitriles is 1. The van der Waals surface area contributed by atoms with Gasteiger partial charge in [0.2, 0.25) is 0 Å². The number of nitrogens with zero attached hydrogens (tertiary/aromatic N) is 2. The minimum absolute atomic E-state index is 0.133. The van der Waals surface area contributed by atoms with E-state index in [9.17, 15) is 18.0 Å². The van der Waals surface area contributed by atoms with Gasteiger partial charge in [0.1, 0.15) is 11.6 Å². The van der Waals surface area contributed by atoms with Gasteiger partial charge >= 0.3 is 12.3 Å². The number of pyridine rings is 1. The smallest absolute Gasteiger partial charge is 0.481 e. The van der Waals surface area contributed by atoms with Gasteiger partial charge in [-0.2, -0.15) is 5.26 Å². The molecule has 0 amide bonds. The van der Waals surface area contributed by atoms with Crippen molar-refractivity contribution in [2.24, 2.45) is 0 Å². The zero-order valence-electron chi connectivity index (χ0n) is 8.65. The first-order valence-electron chi connectivity index (χ1n) is 4.40. The third kappa shape index (κ3) is 3.51. The van der Waals surface area contributed by atoms with E-state index in [0.717, 1.165) is 6.07 Å². The fraction of sp³-hybridized carbons (Fsp3) is 0.222. The summed E-state index contributed by atoms with van der Waals surface area (Å²) in [6.45, 7) is 0. The minimum atomic E-state index is -5.02. The summed E-state index contributed by atoms with van der Waals surface area (Å²) in [4.78, 5) is 13.8. The van der Waals surface area contributed by atoms with Crippen LogP contribution in [0.25, 0.3) is 0 Å². The SMILES string of the molecule is N#Cc1cc(CC(=O)O)nc(N)c1OC(F)(F)F. The van der Waals surface area contributed by atoms with Crippen LogP contribution in [0.1, 0.15) is 11.3 Å². The van der Waals surface area contributed by atoms with E-state index in [1.807, 2.05) is 0 Å². The number of aromatic nitrogens is 1. The van der Waals surface area contributed by atoms with E-state index in [1.165, 1.54) is 6.07 Å². The second-order valence-electron chi connectivity index (χ2n) is 3.11. The third-order valence-electron chi connectivity index (χ3n) is 1.72. The molecule has 0 unspecified atom stereocenters. The van der Waals surface area contributed by atoms with E-state index in [4.69, 9.17) is 16.1 Å². The molecular formula is C9H6F3N3O3. The molecule has 1 aromatic heterocycles. The highest BCUT2D eigenvalue weighted by Gasteiger charge is 2.33. The van der Waals surface area contributed by atoms with E-state index < -0.39 is 35.9 Å². The summed E-state index contributed by atoms with van der Waals surface area (Å²) in [5.41, 5.74) is 4.54. The maximum Gasteiger partial charge on any atom is 0.573 e. The molecular weight excluding hydrogens is 255 g/mol. The number of anilines is 1. The van der Waals surface area contributed by atoms with Crippen LogP contribution >= 0.6 is 0 Å². The number of carbonyl (C=O) groups is 1. The van der Waals surface area contributed by atoms with Crippen molar-refractivity contribution in [3.63, 3.8) is 0 Å². The molecule has 1 heterocycles. The molecule has 18 heavy (non-hydrogen) atoms. The van der Waals surface area contributed by atoms with Crippen molar-refractivity contribution >= 4 is 11.8 Å². The predicted molar refractivity (Wildman–Crippen MR) is 51.4 cm³/mol. The Balaban J connectivity index is 3.21. The quantitative estimate of drug-likeness (QED) is 0.841. The summed E-state index contributed by atoms with van der Waals surface area (Å²) in [7, 11) is 0. The van der Waals surface area contributed by atoms with Crippen molar-refractivity contribution in [1.82, 2.24) is 4.98 Å². The number of nitrogen functional groups attached to an aromatic ring is 1. The van der Waals surface area contributed by atoms with E-state index in [-0.39, 0.29) is 5.69 Å². The van der Waals surface area contributed by atoms with E-state index in [1.54, 1.807) is 0 Å². The van der Waals surface area contributed by atoms with Gasteiger partial charge in [-0.05, 0) is 6.07 Å². The normalized spacial score (nSPS) is 10.8. The summed E-state index contributed by atoms with van der Waals surface area (Å²) in [5.74, 6) is -2.88. The molecule has 0 saturated heterocycles. The lowest BCUT2D eigenvalue weighted by Gasteiger charge is -2.12. The zero-order chi connectivity index (χ0) is 13.9. The number of alkyl halides is 3. The largest absolute Gasteiger partial charge is 0.573 e. The van der Waals surface area contributed by atoms with Crippen LogP contribution in [0.15, 0.2) is 6.07 Å². The van der Waals surface area contributed by atoms with Crippen molar-refractivity contribution in [3.05, 3.63) is 17.3 Å². The van der Waals surface area contributed by atoms with Crippen LogP contribution < -0.4 is 10.5 Å². The van der Waals surface area contributed by atoms with E-state index >= 15 is 0 Å². The molecule has 0 aromatic carbocycles. The number of aliphatic carboxylic acids is 1. The number of carboxylic acid groups (broad SMARTS) is 1. The number of halogens is 3. The van der Waals surface area contributed by atoms with Crippen LogP contribution in [0.5, 0.6) is 5.75 Å². The molecule has 0 bridgehead atoms. The first-order chi connectivity index (χ1) is 8.23. The molecule has 6 nitrogen and oxygen atoms in total. The maximum absolute atomic E-state index is 12.0. The van der Waals surface area contributed by atoms with Crippen LogP contribution in [-0.4, -0.2) is 22.4 Å². The number of ether oxygens (including phenoxy) is 1. The lowest BCUT2D eigenvalue weighted by Crippen LogP contribution is -2.19. The Hall–Kier alpha value is -2.50. The van der Waals surface area contributed by atoms with Gasteiger partial charge in [-0.1, -0.05) is 0 Å². The summed E-state index contributed by atoms with van der Waals surface area (Å²) in [6.07, 6.45) is -5.58. The Morgan fingerprint density at radius 1 is 1.61 bits per heavy atom. The molecule has 0 saturated carbocycles. The van der Waals surface area contributed by atoms with Crippen molar-refractivity contribution in [2.75, 3.05) is 5.73 Å². The Bertz CT molecular complexity index is 522. The first-order valence-corrected chi connectivity index (χ1v) is 4.40. The molecule has 0 aliphatic heterocycles. The number of nitrogens with two attached hydrogens (primary N) is 1. The van der Waals surface area contributed by atoms with Crippen molar-refractivity contribution in [2.45, 2.75) is 12.8 Å².